The molecule has 7 nitrogen and oxygen atoms in total. The zero-order valence-corrected chi connectivity index (χ0v) is 19.2. The van der Waals surface area contributed by atoms with Gasteiger partial charge in [0.2, 0.25) is 5.91 Å². The fourth-order valence-corrected chi connectivity index (χ4v) is 4.55. The van der Waals surface area contributed by atoms with E-state index in [2.05, 4.69) is 10.6 Å². The number of esters is 1. The van der Waals surface area contributed by atoms with Crippen LogP contribution in [0.1, 0.15) is 51.1 Å². The van der Waals surface area contributed by atoms with Crippen molar-refractivity contribution in [2.75, 3.05) is 32.2 Å². The third kappa shape index (κ3) is 5.43. The lowest BCUT2D eigenvalue weighted by Gasteiger charge is -2.37. The lowest BCUT2D eigenvalue weighted by molar-refractivity contribution is -0.140. The number of benzene rings is 1. The monoisotopic (exact) mass is 445 g/mol. The maximum atomic E-state index is 12.9. The highest BCUT2D eigenvalue weighted by molar-refractivity contribution is 7.80. The van der Waals surface area contributed by atoms with Gasteiger partial charge in [-0.25, -0.2) is 4.79 Å². The first-order valence-electron chi connectivity index (χ1n) is 10.8. The summed E-state index contributed by atoms with van der Waals surface area (Å²) in [6.07, 6.45) is 4.15. The highest BCUT2D eigenvalue weighted by Gasteiger charge is 2.34. The Bertz CT molecular complexity index is 847. The van der Waals surface area contributed by atoms with Gasteiger partial charge in [-0.05, 0) is 56.6 Å². The van der Waals surface area contributed by atoms with Crippen molar-refractivity contribution in [3.8, 4) is 0 Å². The number of hydrogen-bond acceptors (Lipinski definition) is 5. The molecule has 2 aliphatic rings. The molecule has 1 fully saturated rings. The van der Waals surface area contributed by atoms with Crippen LogP contribution in [0.25, 0.3) is 0 Å². The molecule has 1 amide bonds. The third-order valence-corrected chi connectivity index (χ3v) is 6.23. The molecule has 0 radical (unpaired) electrons. The zero-order valence-electron chi connectivity index (χ0n) is 18.4. The number of allylic oxidation sites excluding steroid dienone is 1. The Morgan fingerprint density at radius 3 is 2.48 bits per heavy atom. The number of methoxy groups -OCH3 is 1. The average molecular weight is 446 g/mol. The number of amides is 1. The van der Waals surface area contributed by atoms with Crippen LogP contribution in [0, 0.1) is 5.92 Å². The Morgan fingerprint density at radius 1 is 1.19 bits per heavy atom. The Kier molecular flexibility index (Phi) is 8.03. The molecule has 1 aromatic rings. The second-order valence-electron chi connectivity index (χ2n) is 7.85. The molecule has 2 N–H and O–H groups in total. The molecule has 1 aromatic carbocycles. The summed E-state index contributed by atoms with van der Waals surface area (Å²) in [6, 6.07) is 7.11. The molecule has 0 spiro atoms. The molecule has 31 heavy (non-hydrogen) atoms. The SMILES string of the molecule is CCN1C(=S)N[C@@H](c2ccc(NC(=O)C3CCCC3)cc2)C(C(=O)OCCOC)=C1C. The molecule has 1 aliphatic carbocycles. The highest BCUT2D eigenvalue weighted by Crippen LogP contribution is 2.32. The number of carbonyl (C=O) groups excluding carboxylic acids is 2. The minimum absolute atomic E-state index is 0.0824. The summed E-state index contributed by atoms with van der Waals surface area (Å²) < 4.78 is 10.4. The molecule has 168 valence electrons. The van der Waals surface area contributed by atoms with E-state index in [9.17, 15) is 9.59 Å². The van der Waals surface area contributed by atoms with E-state index in [1.165, 1.54) is 0 Å². The average Bonchev–Trinajstić information content (AvgIpc) is 3.29. The number of carbonyl (C=O) groups is 2. The van der Waals surface area contributed by atoms with Gasteiger partial charge in [0, 0.05) is 31.0 Å². The van der Waals surface area contributed by atoms with E-state index in [4.69, 9.17) is 21.7 Å². The van der Waals surface area contributed by atoms with Crippen molar-refractivity contribution in [1.82, 2.24) is 10.2 Å². The summed E-state index contributed by atoms with van der Waals surface area (Å²) in [6.45, 7) is 5.02. The van der Waals surface area contributed by atoms with Crippen molar-refractivity contribution in [2.45, 2.75) is 45.6 Å². The number of ether oxygens (including phenoxy) is 2. The second-order valence-corrected chi connectivity index (χ2v) is 8.23. The van der Waals surface area contributed by atoms with Crippen LogP contribution in [0.4, 0.5) is 5.69 Å². The minimum atomic E-state index is -0.426. The van der Waals surface area contributed by atoms with E-state index in [1.54, 1.807) is 7.11 Å². The smallest absolute Gasteiger partial charge is 0.338 e. The molecule has 1 atom stereocenters. The predicted molar refractivity (Wildman–Crippen MR) is 123 cm³/mol. The van der Waals surface area contributed by atoms with Crippen molar-refractivity contribution in [3.05, 3.63) is 41.1 Å². The number of nitrogens with zero attached hydrogens (tertiary/aromatic N) is 1. The lowest BCUT2D eigenvalue weighted by Crippen LogP contribution is -2.47. The molecule has 0 bridgehead atoms. The van der Waals surface area contributed by atoms with Crippen molar-refractivity contribution in [2.24, 2.45) is 5.92 Å². The Hall–Kier alpha value is -2.45. The second kappa shape index (κ2) is 10.7. The molecule has 0 unspecified atom stereocenters. The summed E-state index contributed by atoms with van der Waals surface area (Å²) in [4.78, 5) is 27.2. The van der Waals surface area contributed by atoms with Crippen LogP contribution in [0.3, 0.4) is 0 Å². The summed E-state index contributed by atoms with van der Waals surface area (Å²) >= 11 is 5.52. The van der Waals surface area contributed by atoms with E-state index in [-0.39, 0.29) is 18.4 Å². The first kappa shape index (κ1) is 23.2. The molecule has 1 aliphatic heterocycles. The number of rotatable bonds is 8. The normalized spacial score (nSPS) is 19.4. The first-order chi connectivity index (χ1) is 15.0. The lowest BCUT2D eigenvalue weighted by atomic mass is 9.94. The topological polar surface area (TPSA) is 79.9 Å². The Morgan fingerprint density at radius 2 is 1.87 bits per heavy atom. The number of anilines is 1. The summed E-state index contributed by atoms with van der Waals surface area (Å²) in [5.41, 5.74) is 2.92. The van der Waals surface area contributed by atoms with Gasteiger partial charge in [0.15, 0.2) is 5.11 Å². The molecule has 0 saturated heterocycles. The van der Waals surface area contributed by atoms with E-state index in [0.717, 1.165) is 42.6 Å². The van der Waals surface area contributed by atoms with Gasteiger partial charge >= 0.3 is 5.97 Å². The molecule has 8 heteroatoms. The number of hydrogen-bond donors (Lipinski definition) is 2. The highest BCUT2D eigenvalue weighted by atomic mass is 32.1. The van der Waals surface area contributed by atoms with Crippen LogP contribution >= 0.6 is 12.2 Å². The molecular formula is C23H31N3O4S. The minimum Gasteiger partial charge on any atom is -0.460 e. The summed E-state index contributed by atoms with van der Waals surface area (Å²) in [5, 5.41) is 6.84. The van der Waals surface area contributed by atoms with Crippen LogP contribution in [0.2, 0.25) is 0 Å². The van der Waals surface area contributed by atoms with E-state index in [1.807, 2.05) is 43.0 Å². The van der Waals surface area contributed by atoms with Crippen LogP contribution in [-0.2, 0) is 19.1 Å². The maximum Gasteiger partial charge on any atom is 0.338 e. The van der Waals surface area contributed by atoms with Gasteiger partial charge < -0.3 is 25.0 Å². The van der Waals surface area contributed by atoms with Gasteiger partial charge in [-0.2, -0.15) is 0 Å². The molecule has 1 saturated carbocycles. The first-order valence-corrected chi connectivity index (χ1v) is 11.2. The standard InChI is InChI=1S/C23H31N3O4S/c1-4-26-15(2)19(22(28)30-14-13-29-3)20(25-23(26)31)16-9-11-18(12-10-16)24-21(27)17-7-5-6-8-17/h9-12,17,20H,4-8,13-14H2,1-3H3,(H,24,27)(H,25,31)/t20-/m0/s1. The van der Waals surface area contributed by atoms with Crippen LogP contribution in [0.15, 0.2) is 35.5 Å². The number of thiocarbonyl (C=S) groups is 1. The fourth-order valence-electron chi connectivity index (χ4n) is 4.16. The van der Waals surface area contributed by atoms with E-state index < -0.39 is 12.0 Å². The van der Waals surface area contributed by atoms with E-state index >= 15 is 0 Å². The number of nitrogens with one attached hydrogen (secondary N) is 2. The zero-order chi connectivity index (χ0) is 22.4. The van der Waals surface area contributed by atoms with Crippen molar-refractivity contribution in [1.29, 1.82) is 0 Å². The molecular weight excluding hydrogens is 414 g/mol. The fraction of sp³-hybridized carbons (Fsp3) is 0.522. The van der Waals surface area contributed by atoms with Gasteiger partial charge in [-0.3, -0.25) is 4.79 Å². The van der Waals surface area contributed by atoms with Gasteiger partial charge in [-0.15, -0.1) is 0 Å². The molecule has 0 aromatic heterocycles. The van der Waals surface area contributed by atoms with Gasteiger partial charge in [0.05, 0.1) is 18.2 Å². The quantitative estimate of drug-likeness (QED) is 0.360. The van der Waals surface area contributed by atoms with Crippen molar-refractivity contribution in [3.63, 3.8) is 0 Å². The van der Waals surface area contributed by atoms with E-state index in [0.29, 0.717) is 23.8 Å². The van der Waals surface area contributed by atoms with Gasteiger partial charge in [0.1, 0.15) is 6.61 Å². The van der Waals surface area contributed by atoms with Gasteiger partial charge in [0.25, 0.3) is 0 Å². The summed E-state index contributed by atoms with van der Waals surface area (Å²) in [7, 11) is 1.56. The molecule has 1 heterocycles. The molecule has 3 rings (SSSR count). The largest absolute Gasteiger partial charge is 0.460 e. The van der Waals surface area contributed by atoms with Crippen LogP contribution in [0.5, 0.6) is 0 Å². The van der Waals surface area contributed by atoms with Crippen molar-refractivity contribution >= 4 is 34.9 Å². The Balaban J connectivity index is 1.80. The van der Waals surface area contributed by atoms with Gasteiger partial charge in [-0.1, -0.05) is 25.0 Å². The van der Waals surface area contributed by atoms with Crippen LogP contribution in [-0.4, -0.2) is 48.8 Å². The predicted octanol–water partition coefficient (Wildman–Crippen LogP) is 3.53. The maximum absolute atomic E-state index is 12.9. The third-order valence-electron chi connectivity index (χ3n) is 5.89. The summed E-state index contributed by atoms with van der Waals surface area (Å²) in [5.74, 6) is -0.207. The van der Waals surface area contributed by atoms with Crippen molar-refractivity contribution < 1.29 is 19.1 Å². The Labute approximate surface area is 189 Å². The van der Waals surface area contributed by atoms with Crippen LogP contribution < -0.4 is 10.6 Å².